The average Bonchev–Trinajstić information content (AvgIpc) is 2.81. The molecule has 0 saturated heterocycles. The lowest BCUT2D eigenvalue weighted by Gasteiger charge is -2.14. The first-order valence-corrected chi connectivity index (χ1v) is 7.93. The van der Waals surface area contributed by atoms with E-state index in [4.69, 9.17) is 9.47 Å². The van der Waals surface area contributed by atoms with Crippen LogP contribution in [0.15, 0.2) is 41.5 Å². The monoisotopic (exact) mass is 316 g/mol. The van der Waals surface area contributed by atoms with Crippen LogP contribution in [0.25, 0.3) is 5.57 Å². The highest BCUT2D eigenvalue weighted by Crippen LogP contribution is 2.35. The average molecular weight is 316 g/mol. The Morgan fingerprint density at radius 1 is 1.35 bits per heavy atom. The van der Waals surface area contributed by atoms with Crippen LogP contribution in [-0.2, 0) is 9.53 Å². The number of aliphatic hydroxyl groups excluding tert-OH is 1. The SMILES string of the molecule is CCC(C)C1=C(c2ccc(OCC=C(C)C)cc2)C(=O)OC1O. The number of carbonyl (C=O) groups is 1. The quantitative estimate of drug-likeness (QED) is 0.642. The minimum Gasteiger partial charge on any atom is -0.490 e. The van der Waals surface area contributed by atoms with Gasteiger partial charge in [-0.25, -0.2) is 4.79 Å². The Morgan fingerprint density at radius 3 is 2.57 bits per heavy atom. The van der Waals surface area contributed by atoms with Crippen LogP contribution in [0.4, 0.5) is 0 Å². The highest BCUT2D eigenvalue weighted by atomic mass is 16.6. The molecule has 0 fully saturated rings. The van der Waals surface area contributed by atoms with E-state index in [9.17, 15) is 9.90 Å². The standard InChI is InChI=1S/C19H24O4/c1-5-13(4)16-17(19(21)23-18(16)20)14-6-8-15(9-7-14)22-11-10-12(2)3/h6-10,13,18,20H,5,11H2,1-4H3. The molecule has 1 aliphatic heterocycles. The summed E-state index contributed by atoms with van der Waals surface area (Å²) in [7, 11) is 0. The van der Waals surface area contributed by atoms with E-state index in [-0.39, 0.29) is 5.92 Å². The molecular weight excluding hydrogens is 292 g/mol. The Morgan fingerprint density at radius 2 is 2.00 bits per heavy atom. The van der Waals surface area contributed by atoms with E-state index in [0.29, 0.717) is 17.8 Å². The number of benzene rings is 1. The molecule has 4 nitrogen and oxygen atoms in total. The lowest BCUT2D eigenvalue weighted by Crippen LogP contribution is -2.14. The van der Waals surface area contributed by atoms with Gasteiger partial charge in [-0.3, -0.25) is 0 Å². The van der Waals surface area contributed by atoms with Crippen LogP contribution >= 0.6 is 0 Å². The zero-order valence-electron chi connectivity index (χ0n) is 14.1. The van der Waals surface area contributed by atoms with E-state index in [0.717, 1.165) is 17.7 Å². The Labute approximate surface area is 137 Å². The molecule has 0 radical (unpaired) electrons. The molecule has 0 saturated carbocycles. The van der Waals surface area contributed by atoms with Crippen LogP contribution in [0, 0.1) is 5.92 Å². The summed E-state index contributed by atoms with van der Waals surface area (Å²) in [6.45, 7) is 8.56. The minimum absolute atomic E-state index is 0.0834. The van der Waals surface area contributed by atoms with Crippen molar-refractivity contribution in [3.63, 3.8) is 0 Å². The van der Waals surface area contributed by atoms with E-state index in [2.05, 4.69) is 0 Å². The molecule has 2 rings (SSSR count). The van der Waals surface area contributed by atoms with Crippen LogP contribution < -0.4 is 4.74 Å². The number of ether oxygens (including phenoxy) is 2. The van der Waals surface area contributed by atoms with E-state index in [1.807, 2.05) is 58.0 Å². The summed E-state index contributed by atoms with van der Waals surface area (Å²) in [5, 5.41) is 9.98. The van der Waals surface area contributed by atoms with Crippen molar-refractivity contribution in [3.05, 3.63) is 47.1 Å². The van der Waals surface area contributed by atoms with Crippen molar-refractivity contribution in [2.24, 2.45) is 5.92 Å². The molecule has 0 spiro atoms. The van der Waals surface area contributed by atoms with Crippen molar-refractivity contribution in [1.29, 1.82) is 0 Å². The van der Waals surface area contributed by atoms with Gasteiger partial charge in [0.25, 0.3) is 0 Å². The summed E-state index contributed by atoms with van der Waals surface area (Å²) in [5.74, 6) is 0.356. The summed E-state index contributed by atoms with van der Waals surface area (Å²) in [5.41, 5.74) is 3.09. The molecule has 23 heavy (non-hydrogen) atoms. The maximum Gasteiger partial charge on any atom is 0.341 e. The fourth-order valence-corrected chi connectivity index (χ4v) is 2.48. The molecule has 0 aromatic heterocycles. The summed E-state index contributed by atoms with van der Waals surface area (Å²) in [6, 6.07) is 7.31. The summed E-state index contributed by atoms with van der Waals surface area (Å²) >= 11 is 0. The van der Waals surface area contributed by atoms with Gasteiger partial charge < -0.3 is 14.6 Å². The first-order chi connectivity index (χ1) is 10.9. The predicted molar refractivity (Wildman–Crippen MR) is 89.8 cm³/mol. The molecule has 1 aliphatic rings. The molecule has 0 aliphatic carbocycles. The third-order valence-electron chi connectivity index (χ3n) is 4.01. The number of hydrogen-bond acceptors (Lipinski definition) is 4. The van der Waals surface area contributed by atoms with E-state index < -0.39 is 12.3 Å². The maximum absolute atomic E-state index is 12.1. The van der Waals surface area contributed by atoms with Gasteiger partial charge in [0.2, 0.25) is 6.29 Å². The number of carbonyl (C=O) groups excluding carboxylic acids is 1. The molecule has 1 aromatic rings. The van der Waals surface area contributed by atoms with E-state index >= 15 is 0 Å². The fraction of sp³-hybridized carbons (Fsp3) is 0.421. The molecular formula is C19H24O4. The van der Waals surface area contributed by atoms with Crippen LogP contribution in [0.1, 0.15) is 39.7 Å². The lowest BCUT2D eigenvalue weighted by molar-refractivity contribution is -0.150. The Hall–Kier alpha value is -2.07. The smallest absolute Gasteiger partial charge is 0.341 e. The maximum atomic E-state index is 12.1. The predicted octanol–water partition coefficient (Wildman–Crippen LogP) is 3.71. The lowest BCUT2D eigenvalue weighted by atomic mass is 9.91. The zero-order valence-corrected chi connectivity index (χ0v) is 14.1. The largest absolute Gasteiger partial charge is 0.490 e. The van der Waals surface area contributed by atoms with Crippen LogP contribution in [-0.4, -0.2) is 24.0 Å². The van der Waals surface area contributed by atoms with Gasteiger partial charge in [0.1, 0.15) is 12.4 Å². The van der Waals surface area contributed by atoms with Crippen molar-refractivity contribution in [1.82, 2.24) is 0 Å². The minimum atomic E-state index is -1.14. The first kappa shape index (κ1) is 17.3. The summed E-state index contributed by atoms with van der Waals surface area (Å²) < 4.78 is 10.6. The van der Waals surface area contributed by atoms with Crippen LogP contribution in [0.5, 0.6) is 5.75 Å². The van der Waals surface area contributed by atoms with Gasteiger partial charge in [-0.2, -0.15) is 0 Å². The Kier molecular flexibility index (Phi) is 5.61. The van der Waals surface area contributed by atoms with Gasteiger partial charge in [-0.1, -0.05) is 31.6 Å². The number of rotatable bonds is 6. The molecule has 124 valence electrons. The second-order valence-corrected chi connectivity index (χ2v) is 6.01. The molecule has 0 amide bonds. The summed E-state index contributed by atoms with van der Waals surface area (Å²) in [4.78, 5) is 12.1. The van der Waals surface area contributed by atoms with Gasteiger partial charge in [0.05, 0.1) is 5.57 Å². The van der Waals surface area contributed by atoms with Gasteiger partial charge in [-0.05, 0) is 50.0 Å². The summed E-state index contributed by atoms with van der Waals surface area (Å²) in [6.07, 6.45) is 1.69. The highest BCUT2D eigenvalue weighted by molar-refractivity contribution is 6.19. The van der Waals surface area contributed by atoms with E-state index in [1.165, 1.54) is 5.57 Å². The molecule has 2 unspecified atom stereocenters. The van der Waals surface area contributed by atoms with Crippen molar-refractivity contribution in [2.75, 3.05) is 6.61 Å². The molecule has 1 heterocycles. The topological polar surface area (TPSA) is 55.8 Å². The third kappa shape index (κ3) is 4.02. The van der Waals surface area contributed by atoms with Crippen molar-refractivity contribution >= 4 is 11.5 Å². The number of allylic oxidation sites excluding steroid dienone is 1. The van der Waals surface area contributed by atoms with E-state index in [1.54, 1.807) is 0 Å². The van der Waals surface area contributed by atoms with Crippen molar-refractivity contribution < 1.29 is 19.4 Å². The first-order valence-electron chi connectivity index (χ1n) is 7.93. The van der Waals surface area contributed by atoms with Crippen LogP contribution in [0.2, 0.25) is 0 Å². The normalized spacial score (nSPS) is 18.7. The molecule has 2 atom stereocenters. The second kappa shape index (κ2) is 7.47. The number of cyclic esters (lactones) is 1. The fourth-order valence-electron chi connectivity index (χ4n) is 2.48. The van der Waals surface area contributed by atoms with Gasteiger partial charge in [0, 0.05) is 5.57 Å². The number of aliphatic hydroxyl groups is 1. The van der Waals surface area contributed by atoms with Gasteiger partial charge in [-0.15, -0.1) is 0 Å². The zero-order chi connectivity index (χ0) is 17.0. The molecule has 0 bridgehead atoms. The number of hydrogen-bond donors (Lipinski definition) is 1. The van der Waals surface area contributed by atoms with Crippen molar-refractivity contribution in [3.8, 4) is 5.75 Å². The second-order valence-electron chi connectivity index (χ2n) is 6.01. The van der Waals surface area contributed by atoms with Gasteiger partial charge >= 0.3 is 5.97 Å². The molecule has 1 aromatic carbocycles. The Balaban J connectivity index is 2.24. The number of esters is 1. The molecule has 1 N–H and O–H groups in total. The van der Waals surface area contributed by atoms with Crippen LogP contribution in [0.3, 0.4) is 0 Å². The van der Waals surface area contributed by atoms with Crippen molar-refractivity contribution in [2.45, 2.75) is 40.4 Å². The Bertz CT molecular complexity index is 621. The van der Waals surface area contributed by atoms with Gasteiger partial charge in [0.15, 0.2) is 0 Å². The molecule has 4 heteroatoms. The highest BCUT2D eigenvalue weighted by Gasteiger charge is 2.35. The third-order valence-corrected chi connectivity index (χ3v) is 4.01.